The molecule has 0 spiro atoms. The molecule has 0 unspecified atom stereocenters. The zero-order valence-electron chi connectivity index (χ0n) is 14.8. The maximum atomic E-state index is 12.8. The maximum absolute atomic E-state index is 12.8. The van der Waals surface area contributed by atoms with Gasteiger partial charge in [-0.2, -0.15) is 0 Å². The lowest BCUT2D eigenvalue weighted by molar-refractivity contribution is -0.133. The van der Waals surface area contributed by atoms with E-state index in [1.165, 1.54) is 0 Å². The molecule has 140 valence electrons. The van der Waals surface area contributed by atoms with Crippen molar-refractivity contribution in [2.75, 3.05) is 32.1 Å². The quantitative estimate of drug-likeness (QED) is 0.603. The molecule has 10 heteroatoms. The minimum atomic E-state index is -0.744. The topological polar surface area (TPSA) is 128 Å². The van der Waals surface area contributed by atoms with Gasteiger partial charge in [0.2, 0.25) is 17.8 Å². The number of nitrogens with zero attached hydrogens (tertiary/aromatic N) is 3. The van der Waals surface area contributed by atoms with Gasteiger partial charge in [0.25, 0.3) is 5.56 Å². The fourth-order valence-corrected chi connectivity index (χ4v) is 3.16. The Morgan fingerprint density at radius 3 is 2.62 bits per heavy atom. The average Bonchev–Trinajstić information content (AvgIpc) is 2.90. The van der Waals surface area contributed by atoms with Crippen molar-refractivity contribution in [1.29, 1.82) is 0 Å². The van der Waals surface area contributed by atoms with E-state index in [0.29, 0.717) is 43.1 Å². The average molecular weight is 362 g/mol. The summed E-state index contributed by atoms with van der Waals surface area (Å²) < 4.78 is 0. The first-order valence-electron chi connectivity index (χ1n) is 8.53. The molecule has 0 aromatic carbocycles. The minimum Gasteiger partial charge on any atom is -0.348 e. The Kier molecular flexibility index (Phi) is 4.92. The maximum Gasteiger partial charge on any atom is 0.322 e. The molecule has 1 saturated heterocycles. The van der Waals surface area contributed by atoms with Gasteiger partial charge in [-0.25, -0.2) is 9.78 Å². The van der Waals surface area contributed by atoms with Crippen LogP contribution in [0.3, 0.4) is 0 Å². The Labute approximate surface area is 150 Å². The molecule has 26 heavy (non-hydrogen) atoms. The number of hydrogen-bond donors (Lipinski definition) is 3. The normalized spacial score (nSPS) is 20.4. The van der Waals surface area contributed by atoms with Crippen LogP contribution in [0.4, 0.5) is 10.7 Å². The van der Waals surface area contributed by atoms with E-state index in [4.69, 9.17) is 0 Å². The predicted molar refractivity (Wildman–Crippen MR) is 92.9 cm³/mol. The summed E-state index contributed by atoms with van der Waals surface area (Å²) in [5.74, 6) is -0.158. The zero-order valence-corrected chi connectivity index (χ0v) is 14.8. The van der Waals surface area contributed by atoms with Gasteiger partial charge in [0.15, 0.2) is 0 Å². The van der Waals surface area contributed by atoms with E-state index in [-0.39, 0.29) is 24.3 Å². The molecular weight excluding hydrogens is 340 g/mol. The van der Waals surface area contributed by atoms with Crippen molar-refractivity contribution < 1.29 is 14.4 Å². The lowest BCUT2D eigenvalue weighted by atomic mass is 10.1. The first-order chi connectivity index (χ1) is 12.3. The number of carbonyl (C=O) groups excluding carboxylic acids is 3. The predicted octanol–water partition coefficient (Wildman–Crippen LogP) is -1.25. The van der Waals surface area contributed by atoms with Crippen LogP contribution in [0, 0.1) is 0 Å². The smallest absolute Gasteiger partial charge is 0.322 e. The first-order valence-corrected chi connectivity index (χ1v) is 8.53. The summed E-state index contributed by atoms with van der Waals surface area (Å²) in [5, 5.41) is 4.69. The van der Waals surface area contributed by atoms with Crippen molar-refractivity contribution in [2.45, 2.75) is 31.7 Å². The van der Waals surface area contributed by atoms with Gasteiger partial charge >= 0.3 is 6.03 Å². The van der Waals surface area contributed by atoms with Gasteiger partial charge in [0.05, 0.1) is 5.69 Å². The second-order valence-electron chi connectivity index (χ2n) is 6.65. The molecule has 2 aliphatic heterocycles. The molecule has 0 radical (unpaired) electrons. The van der Waals surface area contributed by atoms with Crippen LogP contribution in [0.1, 0.15) is 24.1 Å². The Morgan fingerprint density at radius 1 is 1.15 bits per heavy atom. The summed E-state index contributed by atoms with van der Waals surface area (Å²) in [6, 6.07) is -1.40. The number of hydrogen-bond acceptors (Lipinski definition) is 6. The van der Waals surface area contributed by atoms with Crippen molar-refractivity contribution in [2.24, 2.45) is 0 Å². The molecule has 1 aromatic rings. The Bertz CT molecular complexity index is 802. The molecule has 10 nitrogen and oxygen atoms in total. The Balaban J connectivity index is 1.75. The van der Waals surface area contributed by atoms with Crippen LogP contribution in [-0.4, -0.2) is 65.9 Å². The number of rotatable bonds is 2. The molecule has 3 heterocycles. The van der Waals surface area contributed by atoms with Crippen LogP contribution in [0.5, 0.6) is 0 Å². The summed E-state index contributed by atoms with van der Waals surface area (Å²) >= 11 is 0. The number of anilines is 1. The van der Waals surface area contributed by atoms with Gasteiger partial charge in [0, 0.05) is 45.6 Å². The van der Waals surface area contributed by atoms with Gasteiger partial charge in [-0.15, -0.1) is 0 Å². The zero-order chi connectivity index (χ0) is 18.8. The molecule has 3 rings (SSSR count). The van der Waals surface area contributed by atoms with E-state index in [0.717, 1.165) is 0 Å². The lowest BCUT2D eigenvalue weighted by Crippen LogP contribution is -2.50. The largest absolute Gasteiger partial charge is 0.348 e. The van der Waals surface area contributed by atoms with E-state index < -0.39 is 18.0 Å². The van der Waals surface area contributed by atoms with E-state index in [9.17, 15) is 19.2 Å². The fourth-order valence-electron chi connectivity index (χ4n) is 3.16. The molecule has 0 aliphatic carbocycles. The van der Waals surface area contributed by atoms with E-state index in [1.807, 2.05) is 0 Å². The molecular formula is C16H22N6O4. The highest BCUT2D eigenvalue weighted by Crippen LogP contribution is 2.15. The number of aromatic nitrogens is 2. The Hall–Kier alpha value is -2.91. The van der Waals surface area contributed by atoms with Crippen LogP contribution in [0.15, 0.2) is 4.79 Å². The van der Waals surface area contributed by atoms with Crippen LogP contribution in [0.25, 0.3) is 0 Å². The molecule has 0 saturated carbocycles. The van der Waals surface area contributed by atoms with Gasteiger partial charge < -0.3 is 15.1 Å². The number of fused-ring (bicyclic) bond motifs is 1. The van der Waals surface area contributed by atoms with Crippen molar-refractivity contribution in [3.8, 4) is 0 Å². The standard InChI is InChI=1S/C16H22N6O4/c1-21(2)15-17-10-6-8-22(7-5-9(10)13(24)20-15)14(25)11-3-4-12(23)19-16(26)18-11/h11H,3-8H2,1-2H3,(H,17,20,24)(H2,18,19,23,26)/t11-/m0/s1. The second kappa shape index (κ2) is 7.14. The summed E-state index contributed by atoms with van der Waals surface area (Å²) in [6.07, 6.45) is 1.22. The highest BCUT2D eigenvalue weighted by atomic mass is 16.2. The van der Waals surface area contributed by atoms with Crippen molar-refractivity contribution in [3.05, 3.63) is 21.6 Å². The molecule has 2 aliphatic rings. The van der Waals surface area contributed by atoms with Crippen molar-refractivity contribution in [1.82, 2.24) is 25.5 Å². The minimum absolute atomic E-state index is 0.108. The van der Waals surface area contributed by atoms with E-state index >= 15 is 0 Å². The third kappa shape index (κ3) is 3.68. The van der Waals surface area contributed by atoms with E-state index in [2.05, 4.69) is 20.6 Å². The summed E-state index contributed by atoms with van der Waals surface area (Å²) in [7, 11) is 3.59. The highest BCUT2D eigenvalue weighted by molar-refractivity contribution is 5.98. The van der Waals surface area contributed by atoms with Crippen molar-refractivity contribution >= 4 is 23.8 Å². The molecule has 3 N–H and O–H groups in total. The third-order valence-electron chi connectivity index (χ3n) is 4.59. The number of aromatic amines is 1. The van der Waals surface area contributed by atoms with Crippen LogP contribution in [0.2, 0.25) is 0 Å². The summed E-state index contributed by atoms with van der Waals surface area (Å²) in [4.78, 5) is 58.7. The van der Waals surface area contributed by atoms with Gasteiger partial charge in [-0.05, 0) is 12.8 Å². The molecule has 1 fully saturated rings. The monoisotopic (exact) mass is 362 g/mol. The van der Waals surface area contributed by atoms with Gasteiger partial charge in [-0.3, -0.25) is 24.7 Å². The van der Waals surface area contributed by atoms with E-state index in [1.54, 1.807) is 23.9 Å². The number of nitrogens with one attached hydrogen (secondary N) is 3. The van der Waals surface area contributed by atoms with Gasteiger partial charge in [0.1, 0.15) is 6.04 Å². The lowest BCUT2D eigenvalue weighted by Gasteiger charge is -2.25. The molecule has 4 amide bonds. The molecule has 0 bridgehead atoms. The third-order valence-corrected chi connectivity index (χ3v) is 4.59. The number of urea groups is 1. The number of carbonyl (C=O) groups is 3. The highest BCUT2D eigenvalue weighted by Gasteiger charge is 2.31. The van der Waals surface area contributed by atoms with Crippen LogP contribution in [-0.2, 0) is 22.4 Å². The number of amides is 4. The van der Waals surface area contributed by atoms with Crippen LogP contribution < -0.4 is 21.1 Å². The summed E-state index contributed by atoms with van der Waals surface area (Å²) in [5.41, 5.74) is 1.09. The number of H-pyrrole nitrogens is 1. The molecule has 1 atom stereocenters. The SMILES string of the molecule is CN(C)c1nc2c(c(=O)[nH]1)CCN(C(=O)[C@@H]1CCC(=O)NC(=O)N1)CC2. The number of imide groups is 1. The second-order valence-corrected chi connectivity index (χ2v) is 6.65. The first kappa shape index (κ1) is 17.9. The van der Waals surface area contributed by atoms with Gasteiger partial charge in [-0.1, -0.05) is 0 Å². The Morgan fingerprint density at radius 2 is 1.88 bits per heavy atom. The van der Waals surface area contributed by atoms with Crippen LogP contribution >= 0.6 is 0 Å². The van der Waals surface area contributed by atoms with Crippen molar-refractivity contribution in [3.63, 3.8) is 0 Å². The fraction of sp³-hybridized carbons (Fsp3) is 0.562. The summed E-state index contributed by atoms with van der Waals surface area (Å²) in [6.45, 7) is 0.772. The molecule has 1 aromatic heterocycles.